The lowest BCUT2D eigenvalue weighted by atomic mass is 10.1. The number of ether oxygens (including phenoxy) is 1. The number of hydrogen-bond donors (Lipinski definition) is 0. The fourth-order valence-corrected chi connectivity index (χ4v) is 1.12. The topological polar surface area (TPSA) is 55.8 Å². The van der Waals surface area contributed by atoms with Crippen molar-refractivity contribution in [1.82, 2.24) is 5.06 Å². The van der Waals surface area contributed by atoms with Gasteiger partial charge in [0.2, 0.25) is 0 Å². The summed E-state index contributed by atoms with van der Waals surface area (Å²) >= 11 is 0. The minimum atomic E-state index is -0.797. The summed E-state index contributed by atoms with van der Waals surface area (Å²) in [6.45, 7) is 4.70. The van der Waals surface area contributed by atoms with Crippen LogP contribution in [0.4, 0.5) is 0 Å². The largest absolute Gasteiger partial charge is 0.428 e. The van der Waals surface area contributed by atoms with Crippen molar-refractivity contribution < 1.29 is 19.2 Å². The third-order valence-corrected chi connectivity index (χ3v) is 1.78. The molecule has 78 valence electrons. The lowest BCUT2D eigenvalue weighted by molar-refractivity contribution is -0.223. The third-order valence-electron chi connectivity index (χ3n) is 1.78. The van der Waals surface area contributed by atoms with E-state index in [9.17, 15) is 9.59 Å². The molecule has 0 aromatic rings. The number of likely N-dealkylation sites (N-methyl/N-ethyl adjacent to an activating group) is 1. The first-order chi connectivity index (χ1) is 6.33. The van der Waals surface area contributed by atoms with Gasteiger partial charge in [0.1, 0.15) is 11.4 Å². The standard InChI is InChI=1S/C9H13NO4/c1-6(11)13-7-5-8(12)10(4)14-9(7,2)3/h5H,1-4H3. The highest BCUT2D eigenvalue weighted by molar-refractivity contribution is 5.88. The first kappa shape index (κ1) is 10.7. The van der Waals surface area contributed by atoms with Crippen LogP contribution in [0, 0.1) is 0 Å². The molecule has 0 N–H and O–H groups in total. The minimum Gasteiger partial charge on any atom is -0.428 e. The maximum Gasteiger partial charge on any atom is 0.307 e. The number of carbonyl (C=O) groups excluding carboxylic acids is 2. The van der Waals surface area contributed by atoms with E-state index in [1.165, 1.54) is 20.0 Å². The average Bonchev–Trinajstić information content (AvgIpc) is 1.98. The number of carbonyl (C=O) groups is 2. The van der Waals surface area contributed by atoms with E-state index in [0.717, 1.165) is 5.06 Å². The first-order valence-corrected chi connectivity index (χ1v) is 4.20. The average molecular weight is 199 g/mol. The van der Waals surface area contributed by atoms with Crippen molar-refractivity contribution in [1.29, 1.82) is 0 Å². The lowest BCUT2D eigenvalue weighted by Gasteiger charge is -2.34. The van der Waals surface area contributed by atoms with Crippen LogP contribution >= 0.6 is 0 Å². The van der Waals surface area contributed by atoms with Gasteiger partial charge in [-0.2, -0.15) is 0 Å². The molecule has 5 heteroatoms. The van der Waals surface area contributed by atoms with Crippen LogP contribution in [0.5, 0.6) is 0 Å². The molecule has 0 atom stereocenters. The second kappa shape index (κ2) is 3.42. The Morgan fingerprint density at radius 3 is 2.64 bits per heavy atom. The molecular weight excluding hydrogens is 186 g/mol. The molecule has 5 nitrogen and oxygen atoms in total. The highest BCUT2D eigenvalue weighted by Gasteiger charge is 2.35. The Hall–Kier alpha value is -1.36. The zero-order valence-corrected chi connectivity index (χ0v) is 8.66. The van der Waals surface area contributed by atoms with Crippen LogP contribution in [0.3, 0.4) is 0 Å². The van der Waals surface area contributed by atoms with E-state index in [1.807, 2.05) is 0 Å². The number of amides is 1. The maximum absolute atomic E-state index is 11.2. The summed E-state index contributed by atoms with van der Waals surface area (Å²) in [5, 5.41) is 1.10. The van der Waals surface area contributed by atoms with E-state index >= 15 is 0 Å². The van der Waals surface area contributed by atoms with E-state index in [1.54, 1.807) is 13.8 Å². The van der Waals surface area contributed by atoms with Gasteiger partial charge in [-0.05, 0) is 13.8 Å². The Morgan fingerprint density at radius 2 is 2.14 bits per heavy atom. The molecule has 0 bridgehead atoms. The van der Waals surface area contributed by atoms with Crippen molar-refractivity contribution >= 4 is 11.9 Å². The Labute approximate surface area is 82.2 Å². The first-order valence-electron chi connectivity index (χ1n) is 4.20. The van der Waals surface area contributed by atoms with Gasteiger partial charge in [-0.25, -0.2) is 5.06 Å². The van der Waals surface area contributed by atoms with Crippen LogP contribution in [0.15, 0.2) is 11.8 Å². The molecule has 0 spiro atoms. The number of hydrogen-bond acceptors (Lipinski definition) is 4. The van der Waals surface area contributed by atoms with E-state index in [0.29, 0.717) is 0 Å². The molecule has 0 radical (unpaired) electrons. The number of hydroxylamine groups is 2. The maximum atomic E-state index is 11.2. The summed E-state index contributed by atoms with van der Waals surface area (Å²) in [6, 6.07) is 0. The van der Waals surface area contributed by atoms with Gasteiger partial charge >= 0.3 is 5.97 Å². The monoisotopic (exact) mass is 199 g/mol. The van der Waals surface area contributed by atoms with Crippen molar-refractivity contribution in [3.8, 4) is 0 Å². The van der Waals surface area contributed by atoms with E-state index in [-0.39, 0.29) is 11.7 Å². The van der Waals surface area contributed by atoms with E-state index in [2.05, 4.69) is 0 Å². The van der Waals surface area contributed by atoms with E-state index in [4.69, 9.17) is 9.57 Å². The smallest absolute Gasteiger partial charge is 0.307 e. The second-order valence-electron chi connectivity index (χ2n) is 3.54. The molecule has 0 aliphatic carbocycles. The summed E-state index contributed by atoms with van der Waals surface area (Å²) in [6.07, 6.45) is 1.25. The Morgan fingerprint density at radius 1 is 1.57 bits per heavy atom. The SMILES string of the molecule is CC(=O)OC1=CC(=O)N(C)OC1(C)C. The molecule has 0 aromatic carbocycles. The molecule has 1 amide bonds. The Balaban J connectivity index is 2.95. The molecule has 0 aromatic heterocycles. The molecule has 1 aliphatic rings. The molecule has 1 aliphatic heterocycles. The molecular formula is C9H13NO4. The minimum absolute atomic E-state index is 0.230. The predicted molar refractivity (Wildman–Crippen MR) is 47.8 cm³/mol. The van der Waals surface area contributed by atoms with Crippen molar-refractivity contribution in [2.75, 3.05) is 7.05 Å². The molecule has 1 rings (SSSR count). The summed E-state index contributed by atoms with van der Waals surface area (Å²) in [5.41, 5.74) is -0.797. The van der Waals surface area contributed by atoms with Crippen LogP contribution < -0.4 is 0 Å². The predicted octanol–water partition coefficient (Wildman–Crippen LogP) is 0.616. The van der Waals surface area contributed by atoms with Crippen molar-refractivity contribution in [2.45, 2.75) is 26.4 Å². The third kappa shape index (κ3) is 2.11. The highest BCUT2D eigenvalue weighted by Crippen LogP contribution is 2.26. The normalized spacial score (nSPS) is 20.4. The van der Waals surface area contributed by atoms with Gasteiger partial charge in [0.05, 0.1) is 0 Å². The van der Waals surface area contributed by atoms with Crippen LogP contribution in [-0.2, 0) is 19.2 Å². The summed E-state index contributed by atoms with van der Waals surface area (Å²) < 4.78 is 4.87. The van der Waals surface area contributed by atoms with Crippen LogP contribution in [-0.4, -0.2) is 29.6 Å². The molecule has 0 fully saturated rings. The molecule has 14 heavy (non-hydrogen) atoms. The molecule has 0 saturated heterocycles. The lowest BCUT2D eigenvalue weighted by Crippen LogP contribution is -2.43. The van der Waals surface area contributed by atoms with Gasteiger partial charge < -0.3 is 4.74 Å². The van der Waals surface area contributed by atoms with Gasteiger partial charge in [0.15, 0.2) is 0 Å². The van der Waals surface area contributed by atoms with Gasteiger partial charge in [0.25, 0.3) is 5.91 Å². The second-order valence-corrected chi connectivity index (χ2v) is 3.54. The van der Waals surface area contributed by atoms with Gasteiger partial charge in [-0.1, -0.05) is 0 Å². The Bertz CT molecular complexity index is 306. The Kier molecular flexibility index (Phi) is 2.62. The quantitative estimate of drug-likeness (QED) is 0.581. The van der Waals surface area contributed by atoms with Crippen molar-refractivity contribution in [3.05, 3.63) is 11.8 Å². The number of nitrogens with zero attached hydrogens (tertiary/aromatic N) is 1. The van der Waals surface area contributed by atoms with Crippen LogP contribution in [0.1, 0.15) is 20.8 Å². The van der Waals surface area contributed by atoms with Crippen LogP contribution in [0.25, 0.3) is 0 Å². The van der Waals surface area contributed by atoms with Crippen molar-refractivity contribution in [3.63, 3.8) is 0 Å². The van der Waals surface area contributed by atoms with Gasteiger partial charge in [-0.15, -0.1) is 0 Å². The van der Waals surface area contributed by atoms with Crippen molar-refractivity contribution in [2.24, 2.45) is 0 Å². The summed E-state index contributed by atoms with van der Waals surface area (Å²) in [7, 11) is 1.51. The molecule has 1 heterocycles. The highest BCUT2D eigenvalue weighted by atomic mass is 16.7. The fourth-order valence-electron chi connectivity index (χ4n) is 1.12. The molecule has 0 unspecified atom stereocenters. The molecule has 0 saturated carbocycles. The fraction of sp³-hybridized carbons (Fsp3) is 0.556. The van der Waals surface area contributed by atoms with Crippen LogP contribution in [0.2, 0.25) is 0 Å². The number of esters is 1. The number of rotatable bonds is 1. The van der Waals surface area contributed by atoms with Gasteiger partial charge in [0, 0.05) is 20.0 Å². The van der Waals surface area contributed by atoms with E-state index < -0.39 is 11.6 Å². The summed E-state index contributed by atoms with van der Waals surface area (Å²) in [4.78, 5) is 27.2. The zero-order chi connectivity index (χ0) is 10.9. The van der Waals surface area contributed by atoms with Gasteiger partial charge in [-0.3, -0.25) is 14.4 Å². The summed E-state index contributed by atoms with van der Waals surface area (Å²) in [5.74, 6) is -0.584. The zero-order valence-electron chi connectivity index (χ0n) is 8.66.